The van der Waals surface area contributed by atoms with Crippen molar-refractivity contribution < 1.29 is 0 Å². The number of rotatable bonds is 4. The van der Waals surface area contributed by atoms with Gasteiger partial charge in [-0.05, 0) is 57.7 Å². The topological polar surface area (TPSA) is 12.0 Å². The van der Waals surface area contributed by atoms with Crippen LogP contribution in [0.3, 0.4) is 0 Å². The molecular formula is C13H20ClNS. The first-order valence-electron chi connectivity index (χ1n) is 5.55. The summed E-state index contributed by atoms with van der Waals surface area (Å²) in [6.07, 6.45) is 3.29. The van der Waals surface area contributed by atoms with Crippen molar-refractivity contribution in [2.24, 2.45) is 0 Å². The highest BCUT2D eigenvalue weighted by atomic mass is 35.5. The number of hydrogen-bond donors (Lipinski definition) is 1. The number of hydrogen-bond acceptors (Lipinski definition) is 2. The Morgan fingerprint density at radius 3 is 2.69 bits per heavy atom. The first-order chi connectivity index (χ1) is 7.40. The van der Waals surface area contributed by atoms with Crippen LogP contribution in [0, 0.1) is 0 Å². The standard InChI is InChI=1S/C13H20ClNS/c1-10(12-11(14)7-9-16-12)6-5-8-15-13(2,3)4/h6-7,9,15H,5,8H2,1-4H3/b10-6-. The van der Waals surface area contributed by atoms with Gasteiger partial charge in [0.2, 0.25) is 0 Å². The monoisotopic (exact) mass is 257 g/mol. The maximum absolute atomic E-state index is 6.07. The third-order valence-corrected chi connectivity index (χ3v) is 3.70. The van der Waals surface area contributed by atoms with Crippen LogP contribution in [0.5, 0.6) is 0 Å². The Bertz CT molecular complexity index is 360. The van der Waals surface area contributed by atoms with Gasteiger partial charge in [0.05, 0.1) is 5.02 Å². The highest BCUT2D eigenvalue weighted by molar-refractivity contribution is 7.11. The van der Waals surface area contributed by atoms with Crippen molar-refractivity contribution in [2.75, 3.05) is 6.54 Å². The number of allylic oxidation sites excluding steroid dienone is 1. The van der Waals surface area contributed by atoms with Gasteiger partial charge in [0.1, 0.15) is 0 Å². The average molecular weight is 258 g/mol. The van der Waals surface area contributed by atoms with E-state index in [1.807, 2.05) is 11.4 Å². The van der Waals surface area contributed by atoms with E-state index in [9.17, 15) is 0 Å². The molecular weight excluding hydrogens is 238 g/mol. The van der Waals surface area contributed by atoms with E-state index in [-0.39, 0.29) is 5.54 Å². The molecule has 0 unspecified atom stereocenters. The fourth-order valence-corrected chi connectivity index (χ4v) is 2.61. The van der Waals surface area contributed by atoms with Crippen molar-refractivity contribution >= 4 is 28.5 Å². The molecule has 0 saturated heterocycles. The van der Waals surface area contributed by atoms with Crippen molar-refractivity contribution in [3.63, 3.8) is 0 Å². The van der Waals surface area contributed by atoms with Crippen LogP contribution < -0.4 is 5.32 Å². The zero-order valence-corrected chi connectivity index (χ0v) is 12.0. The van der Waals surface area contributed by atoms with E-state index in [4.69, 9.17) is 11.6 Å². The van der Waals surface area contributed by atoms with Gasteiger partial charge in [-0.15, -0.1) is 11.3 Å². The molecule has 0 aliphatic heterocycles. The molecule has 0 saturated carbocycles. The fourth-order valence-electron chi connectivity index (χ4n) is 1.40. The predicted octanol–water partition coefficient (Wildman–Crippen LogP) is 4.58. The zero-order chi connectivity index (χ0) is 12.2. The van der Waals surface area contributed by atoms with Gasteiger partial charge in [0.15, 0.2) is 0 Å². The summed E-state index contributed by atoms with van der Waals surface area (Å²) in [5.41, 5.74) is 1.47. The van der Waals surface area contributed by atoms with E-state index in [1.165, 1.54) is 10.5 Å². The summed E-state index contributed by atoms with van der Waals surface area (Å²) in [6, 6.07) is 1.95. The van der Waals surface area contributed by atoms with Gasteiger partial charge in [-0.1, -0.05) is 17.7 Å². The van der Waals surface area contributed by atoms with E-state index < -0.39 is 0 Å². The summed E-state index contributed by atoms with van der Waals surface area (Å²) < 4.78 is 0. The Labute approximate surface area is 108 Å². The van der Waals surface area contributed by atoms with Crippen LogP contribution >= 0.6 is 22.9 Å². The van der Waals surface area contributed by atoms with Gasteiger partial charge in [0.25, 0.3) is 0 Å². The maximum Gasteiger partial charge on any atom is 0.0588 e. The lowest BCUT2D eigenvalue weighted by Crippen LogP contribution is -2.36. The van der Waals surface area contributed by atoms with E-state index >= 15 is 0 Å². The predicted molar refractivity (Wildman–Crippen MR) is 75.4 cm³/mol. The smallest absolute Gasteiger partial charge is 0.0588 e. The zero-order valence-electron chi connectivity index (χ0n) is 10.4. The van der Waals surface area contributed by atoms with Crippen LogP contribution in [0.15, 0.2) is 17.5 Å². The molecule has 1 aromatic heterocycles. The Kier molecular flexibility index (Phi) is 5.03. The average Bonchev–Trinajstić information content (AvgIpc) is 2.57. The Balaban J connectivity index is 2.44. The minimum Gasteiger partial charge on any atom is -0.312 e. The second-order valence-electron chi connectivity index (χ2n) is 4.95. The molecule has 0 atom stereocenters. The summed E-state index contributed by atoms with van der Waals surface area (Å²) >= 11 is 7.77. The summed E-state index contributed by atoms with van der Waals surface area (Å²) in [6.45, 7) is 9.66. The lowest BCUT2D eigenvalue weighted by Gasteiger charge is -2.19. The molecule has 1 heterocycles. The third kappa shape index (κ3) is 4.69. The highest BCUT2D eigenvalue weighted by Crippen LogP contribution is 2.29. The summed E-state index contributed by atoms with van der Waals surface area (Å²) in [5.74, 6) is 0. The van der Waals surface area contributed by atoms with Gasteiger partial charge in [-0.2, -0.15) is 0 Å². The molecule has 0 aromatic carbocycles. The Morgan fingerprint density at radius 1 is 1.50 bits per heavy atom. The first kappa shape index (κ1) is 13.8. The van der Waals surface area contributed by atoms with Crippen LogP contribution in [-0.4, -0.2) is 12.1 Å². The van der Waals surface area contributed by atoms with Crippen LogP contribution in [0.2, 0.25) is 5.02 Å². The molecule has 90 valence electrons. The largest absolute Gasteiger partial charge is 0.312 e. The van der Waals surface area contributed by atoms with Crippen molar-refractivity contribution in [3.8, 4) is 0 Å². The normalized spacial score (nSPS) is 13.2. The van der Waals surface area contributed by atoms with Gasteiger partial charge in [0, 0.05) is 10.4 Å². The molecule has 0 aliphatic rings. The Morgan fingerprint density at radius 2 is 2.19 bits per heavy atom. The molecule has 0 aliphatic carbocycles. The molecule has 0 radical (unpaired) electrons. The van der Waals surface area contributed by atoms with E-state index in [1.54, 1.807) is 11.3 Å². The van der Waals surface area contributed by atoms with Crippen molar-refractivity contribution in [1.82, 2.24) is 5.32 Å². The highest BCUT2D eigenvalue weighted by Gasteiger charge is 2.07. The Hall–Kier alpha value is -0.310. The summed E-state index contributed by atoms with van der Waals surface area (Å²) in [5, 5.41) is 6.36. The molecule has 1 rings (SSSR count). The number of thiophene rings is 1. The van der Waals surface area contributed by atoms with Crippen molar-refractivity contribution in [1.29, 1.82) is 0 Å². The number of halogens is 1. The summed E-state index contributed by atoms with van der Waals surface area (Å²) in [4.78, 5) is 1.19. The molecule has 1 N–H and O–H groups in total. The molecule has 0 bridgehead atoms. The number of nitrogens with one attached hydrogen (secondary N) is 1. The van der Waals surface area contributed by atoms with Crippen LogP contribution in [0.1, 0.15) is 39.0 Å². The molecule has 1 nitrogen and oxygen atoms in total. The molecule has 16 heavy (non-hydrogen) atoms. The van der Waals surface area contributed by atoms with Gasteiger partial charge in [-0.25, -0.2) is 0 Å². The molecule has 1 aromatic rings. The lowest BCUT2D eigenvalue weighted by molar-refractivity contribution is 0.431. The minimum absolute atomic E-state index is 0.197. The van der Waals surface area contributed by atoms with Gasteiger partial charge < -0.3 is 5.32 Å². The first-order valence-corrected chi connectivity index (χ1v) is 6.81. The summed E-state index contributed by atoms with van der Waals surface area (Å²) in [7, 11) is 0. The molecule has 0 amide bonds. The molecule has 0 fully saturated rings. The van der Waals surface area contributed by atoms with Crippen LogP contribution in [-0.2, 0) is 0 Å². The lowest BCUT2D eigenvalue weighted by atomic mass is 10.1. The maximum atomic E-state index is 6.07. The van der Waals surface area contributed by atoms with Crippen molar-refractivity contribution in [3.05, 3.63) is 27.4 Å². The van der Waals surface area contributed by atoms with E-state index in [0.717, 1.165) is 18.0 Å². The van der Waals surface area contributed by atoms with Crippen LogP contribution in [0.4, 0.5) is 0 Å². The van der Waals surface area contributed by atoms with Gasteiger partial charge in [-0.3, -0.25) is 0 Å². The SMILES string of the molecule is C/C(=C/CCNC(C)(C)C)c1sccc1Cl. The van der Waals surface area contributed by atoms with E-state index in [0.29, 0.717) is 0 Å². The minimum atomic E-state index is 0.197. The van der Waals surface area contributed by atoms with E-state index in [2.05, 4.69) is 39.1 Å². The fraction of sp³-hybridized carbons (Fsp3) is 0.538. The second-order valence-corrected chi connectivity index (χ2v) is 6.27. The third-order valence-electron chi connectivity index (χ3n) is 2.23. The van der Waals surface area contributed by atoms with Crippen molar-refractivity contribution in [2.45, 2.75) is 39.7 Å². The van der Waals surface area contributed by atoms with Gasteiger partial charge >= 0.3 is 0 Å². The second kappa shape index (κ2) is 5.85. The molecule has 3 heteroatoms. The molecule has 0 spiro atoms. The quantitative estimate of drug-likeness (QED) is 0.779. The van der Waals surface area contributed by atoms with Crippen LogP contribution in [0.25, 0.3) is 5.57 Å².